The molecule has 2 fully saturated rings. The first kappa shape index (κ1) is 38.4. The Bertz CT molecular complexity index is 1940. The molecule has 0 bridgehead atoms. The molecule has 2 saturated heterocycles. The van der Waals surface area contributed by atoms with Crippen LogP contribution in [0.1, 0.15) is 48.5 Å². The van der Waals surface area contributed by atoms with Gasteiger partial charge in [-0.15, -0.1) is 0 Å². The number of hydrogen-bond acceptors (Lipinski definition) is 11. The highest BCUT2D eigenvalue weighted by atomic mass is 32.2. The number of carbonyl (C=O) groups excluding carboxylic acids is 1. The second-order valence-corrected chi connectivity index (χ2v) is 15.2. The number of nitrogens with zero attached hydrogens (tertiary/aromatic N) is 4. The summed E-state index contributed by atoms with van der Waals surface area (Å²) in [5.41, 5.74) is 2.44. The lowest BCUT2D eigenvalue weighted by Crippen LogP contribution is -2.50. The number of likely N-dealkylation sites (tertiary alicyclic amines) is 2. The molecule has 53 heavy (non-hydrogen) atoms. The minimum atomic E-state index is -3.97. The van der Waals surface area contributed by atoms with Crippen LogP contribution >= 0.6 is 0 Å². The molecular weight excluding hydrogens is 699 g/mol. The fourth-order valence-electron chi connectivity index (χ4n) is 7.75. The molecule has 13 nitrogen and oxygen atoms in total. The molecule has 0 saturated carbocycles. The van der Waals surface area contributed by atoms with Crippen LogP contribution in [-0.4, -0.2) is 113 Å². The van der Waals surface area contributed by atoms with Crippen LogP contribution in [0.3, 0.4) is 0 Å². The van der Waals surface area contributed by atoms with Crippen molar-refractivity contribution in [2.45, 2.75) is 56.8 Å². The molecule has 0 spiro atoms. The molecule has 2 unspecified atom stereocenters. The summed E-state index contributed by atoms with van der Waals surface area (Å²) in [4.78, 5) is 23.2. The van der Waals surface area contributed by atoms with E-state index in [0.717, 1.165) is 54.7 Å². The van der Waals surface area contributed by atoms with Gasteiger partial charge in [0.15, 0.2) is 17.7 Å². The van der Waals surface area contributed by atoms with E-state index in [4.69, 9.17) is 28.1 Å². The summed E-state index contributed by atoms with van der Waals surface area (Å²) in [5, 5.41) is 3.72. The number of imidazole rings is 1. The molecule has 3 aromatic carbocycles. The lowest BCUT2D eigenvalue weighted by molar-refractivity contribution is 0.0138. The molecule has 286 valence electrons. The lowest BCUT2D eigenvalue weighted by Gasteiger charge is -2.40. The third kappa shape index (κ3) is 8.40. The van der Waals surface area contributed by atoms with Gasteiger partial charge in [-0.25, -0.2) is 9.17 Å². The molecule has 4 aromatic rings. The SMILES string of the molecule is CCOCCn1c(NC2CCN(CCC3(c4ccccc4)CCN(C(=O)c4cc(OC)c(OC)c(OC)c4)C3OS(C)(=O)=O)CC2)nc2ccccc21. The fraction of sp³-hybridized carbons (Fsp3) is 0.487. The number of hydrogen-bond donors (Lipinski definition) is 1. The summed E-state index contributed by atoms with van der Waals surface area (Å²) in [7, 11) is 0.486. The molecular formula is C39H51N5O8S. The van der Waals surface area contributed by atoms with Crippen LogP contribution in [0.2, 0.25) is 0 Å². The first-order chi connectivity index (χ1) is 25.6. The Hall–Kier alpha value is -4.37. The lowest BCUT2D eigenvalue weighted by atomic mass is 9.75. The average Bonchev–Trinajstić information content (AvgIpc) is 3.70. The summed E-state index contributed by atoms with van der Waals surface area (Å²) < 4.78 is 56.1. The third-order valence-electron chi connectivity index (χ3n) is 10.5. The Morgan fingerprint density at radius 2 is 1.60 bits per heavy atom. The van der Waals surface area contributed by atoms with Gasteiger partial charge in [-0.2, -0.15) is 8.42 Å². The van der Waals surface area contributed by atoms with Gasteiger partial charge in [-0.1, -0.05) is 42.5 Å². The quantitative estimate of drug-likeness (QED) is 0.120. The Kier molecular flexibility index (Phi) is 12.1. The first-order valence-corrected chi connectivity index (χ1v) is 20.0. The number of benzene rings is 3. The van der Waals surface area contributed by atoms with E-state index in [9.17, 15) is 13.2 Å². The monoisotopic (exact) mass is 749 g/mol. The van der Waals surface area contributed by atoms with Crippen molar-refractivity contribution in [3.05, 3.63) is 77.9 Å². The van der Waals surface area contributed by atoms with E-state index in [1.165, 1.54) is 26.2 Å². The molecule has 0 aliphatic carbocycles. The van der Waals surface area contributed by atoms with Crippen molar-refractivity contribution in [3.8, 4) is 17.2 Å². The van der Waals surface area contributed by atoms with Crippen LogP contribution in [0.25, 0.3) is 11.0 Å². The first-order valence-electron chi connectivity index (χ1n) is 18.2. The van der Waals surface area contributed by atoms with Crippen molar-refractivity contribution in [1.29, 1.82) is 0 Å². The molecule has 1 N–H and O–H groups in total. The van der Waals surface area contributed by atoms with Crippen LogP contribution in [0.4, 0.5) is 5.95 Å². The van der Waals surface area contributed by atoms with Gasteiger partial charge in [0.1, 0.15) is 0 Å². The Labute approximate surface area is 312 Å². The maximum atomic E-state index is 14.3. The van der Waals surface area contributed by atoms with Gasteiger partial charge >= 0.3 is 0 Å². The van der Waals surface area contributed by atoms with Crippen molar-refractivity contribution in [3.63, 3.8) is 0 Å². The highest BCUT2D eigenvalue weighted by Gasteiger charge is 2.53. The molecule has 2 aliphatic heterocycles. The second-order valence-electron chi connectivity index (χ2n) is 13.6. The zero-order valence-corrected chi connectivity index (χ0v) is 32.1. The summed E-state index contributed by atoms with van der Waals surface area (Å²) >= 11 is 0. The number of carbonyl (C=O) groups is 1. The summed E-state index contributed by atoms with van der Waals surface area (Å²) in [6.07, 6.45) is 2.90. The normalized spacial score (nSPS) is 19.8. The van der Waals surface area contributed by atoms with E-state index in [1.807, 2.05) is 55.5 Å². The number of rotatable bonds is 16. The average molecular weight is 750 g/mol. The number of ether oxygens (including phenoxy) is 4. The van der Waals surface area contributed by atoms with E-state index in [0.29, 0.717) is 62.9 Å². The van der Waals surface area contributed by atoms with E-state index < -0.39 is 27.7 Å². The van der Waals surface area contributed by atoms with Crippen molar-refractivity contribution in [2.75, 3.05) is 72.3 Å². The predicted octanol–water partition coefficient (Wildman–Crippen LogP) is 5.15. The van der Waals surface area contributed by atoms with Crippen molar-refractivity contribution in [2.24, 2.45) is 0 Å². The molecule has 0 radical (unpaired) electrons. The van der Waals surface area contributed by atoms with Crippen molar-refractivity contribution >= 4 is 33.0 Å². The standard InChI is InChI=1S/C39H51N5O8S/c1-6-51-25-24-43-32-15-11-10-14-31(32)41-38(43)40-30-16-20-42(21-17-30)22-18-39(29-12-8-7-9-13-29)19-23-44(37(39)52-53(5,46)47)36(45)28-26-33(48-2)35(50-4)34(27-28)49-3/h7-15,26-27,30,37H,6,16-25H2,1-5H3,(H,40,41). The van der Waals surface area contributed by atoms with Crippen molar-refractivity contribution in [1.82, 2.24) is 19.4 Å². The summed E-state index contributed by atoms with van der Waals surface area (Å²) in [5.74, 6) is 1.47. The molecule has 1 aromatic heterocycles. The zero-order chi connectivity index (χ0) is 37.6. The van der Waals surface area contributed by atoms with Gasteiger partial charge in [0.25, 0.3) is 16.0 Å². The highest BCUT2D eigenvalue weighted by Crippen LogP contribution is 2.46. The molecule has 2 aliphatic rings. The topological polar surface area (TPSA) is 134 Å². The minimum Gasteiger partial charge on any atom is -0.493 e. The number of nitrogens with one attached hydrogen (secondary N) is 1. The molecule has 1 amide bonds. The number of fused-ring (bicyclic) bond motifs is 1. The highest BCUT2D eigenvalue weighted by molar-refractivity contribution is 7.86. The van der Waals surface area contributed by atoms with Gasteiger partial charge in [0.05, 0.1) is 45.2 Å². The van der Waals surface area contributed by atoms with Gasteiger partial charge in [0.2, 0.25) is 11.7 Å². The van der Waals surface area contributed by atoms with Crippen LogP contribution in [0, 0.1) is 0 Å². The minimum absolute atomic E-state index is 0.247. The Morgan fingerprint density at radius 3 is 2.25 bits per heavy atom. The van der Waals surface area contributed by atoms with Crippen LogP contribution in [0.5, 0.6) is 17.2 Å². The Balaban J connectivity index is 1.21. The number of piperidine rings is 1. The number of para-hydroxylation sites is 2. The summed E-state index contributed by atoms with van der Waals surface area (Å²) in [6.45, 7) is 6.70. The Morgan fingerprint density at radius 1 is 0.925 bits per heavy atom. The molecule has 3 heterocycles. The fourth-order valence-corrected chi connectivity index (χ4v) is 8.37. The van der Waals surface area contributed by atoms with Crippen LogP contribution in [-0.2, 0) is 31.0 Å². The van der Waals surface area contributed by atoms with Gasteiger partial charge < -0.3 is 38.6 Å². The third-order valence-corrected chi connectivity index (χ3v) is 11.0. The largest absolute Gasteiger partial charge is 0.493 e. The van der Waals surface area contributed by atoms with Crippen LogP contribution < -0.4 is 19.5 Å². The number of anilines is 1. The van der Waals surface area contributed by atoms with E-state index in [-0.39, 0.29) is 11.6 Å². The van der Waals surface area contributed by atoms with Gasteiger partial charge in [-0.05, 0) is 69.0 Å². The maximum Gasteiger partial charge on any atom is 0.266 e. The molecule has 2 atom stereocenters. The van der Waals surface area contributed by atoms with Crippen LogP contribution in [0.15, 0.2) is 66.7 Å². The van der Waals surface area contributed by atoms with E-state index >= 15 is 0 Å². The van der Waals surface area contributed by atoms with E-state index in [1.54, 1.807) is 12.1 Å². The predicted molar refractivity (Wildman–Crippen MR) is 204 cm³/mol. The molecule has 14 heteroatoms. The number of amides is 1. The zero-order valence-electron chi connectivity index (χ0n) is 31.2. The number of aromatic nitrogens is 2. The maximum absolute atomic E-state index is 14.3. The summed E-state index contributed by atoms with van der Waals surface area (Å²) in [6, 6.07) is 21.4. The smallest absolute Gasteiger partial charge is 0.266 e. The molecule has 6 rings (SSSR count). The van der Waals surface area contributed by atoms with Gasteiger partial charge in [-0.3, -0.25) is 4.79 Å². The number of methoxy groups -OCH3 is 3. The van der Waals surface area contributed by atoms with Gasteiger partial charge in [0, 0.05) is 49.8 Å². The second kappa shape index (κ2) is 16.8. The van der Waals surface area contributed by atoms with E-state index in [2.05, 4.69) is 20.9 Å². The van der Waals surface area contributed by atoms with Crippen molar-refractivity contribution < 1.29 is 36.3 Å².